The summed E-state index contributed by atoms with van der Waals surface area (Å²) in [6, 6.07) is 8.07. The summed E-state index contributed by atoms with van der Waals surface area (Å²) in [6.07, 6.45) is 11.1. The molecule has 32 heavy (non-hydrogen) atoms. The molecule has 0 bridgehead atoms. The van der Waals surface area contributed by atoms with E-state index in [0.29, 0.717) is 12.6 Å². The predicted octanol–water partition coefficient (Wildman–Crippen LogP) is 4.07. The van der Waals surface area contributed by atoms with Crippen LogP contribution in [0.2, 0.25) is 0 Å². The van der Waals surface area contributed by atoms with E-state index >= 15 is 0 Å². The normalized spacial score (nSPS) is 16.9. The number of rotatable bonds is 5. The molecule has 7 heteroatoms. The molecule has 0 saturated carbocycles. The van der Waals surface area contributed by atoms with Crippen LogP contribution in [0, 0.1) is 5.82 Å². The van der Waals surface area contributed by atoms with Crippen LogP contribution in [0.15, 0.2) is 54.9 Å². The zero-order valence-corrected chi connectivity index (χ0v) is 18.1. The first-order valence-electron chi connectivity index (χ1n) is 11.0. The van der Waals surface area contributed by atoms with Crippen molar-refractivity contribution in [3.63, 3.8) is 0 Å². The number of nitrogens with one attached hydrogen (secondary N) is 1. The van der Waals surface area contributed by atoms with E-state index in [1.165, 1.54) is 17.8 Å². The van der Waals surface area contributed by atoms with Crippen molar-refractivity contribution in [2.24, 2.45) is 0 Å². The first-order valence-corrected chi connectivity index (χ1v) is 11.0. The van der Waals surface area contributed by atoms with Crippen LogP contribution >= 0.6 is 0 Å². The quantitative estimate of drug-likeness (QED) is 0.617. The molecule has 2 aliphatic rings. The zero-order chi connectivity index (χ0) is 22.1. The van der Waals surface area contributed by atoms with Crippen LogP contribution in [0.1, 0.15) is 46.8 Å². The highest BCUT2D eigenvalue weighted by molar-refractivity contribution is 5.97. The molecule has 0 aliphatic carbocycles. The lowest BCUT2D eigenvalue weighted by Crippen LogP contribution is -2.31. The molecule has 2 aliphatic heterocycles. The molecular weight excluding hydrogens is 405 g/mol. The Kier molecular flexibility index (Phi) is 5.57. The molecule has 5 rings (SSSR count). The number of carbonyl (C=O) groups is 1. The number of Topliss-reactive ketones (excluding diaryl/α,β-unsaturated/α-hetero) is 1. The number of carbonyl (C=O) groups excluding carboxylic acids is 1. The molecule has 0 amide bonds. The van der Waals surface area contributed by atoms with Crippen molar-refractivity contribution in [2.45, 2.75) is 31.8 Å². The zero-order valence-electron chi connectivity index (χ0n) is 18.1. The number of hydrogen-bond acceptors (Lipinski definition) is 5. The fourth-order valence-electron chi connectivity index (χ4n) is 4.43. The Labute approximate surface area is 186 Å². The molecular formula is C25H26FN5O. The summed E-state index contributed by atoms with van der Waals surface area (Å²) in [5, 5.41) is 3.30. The lowest BCUT2D eigenvalue weighted by Gasteiger charge is -2.29. The lowest BCUT2D eigenvalue weighted by atomic mass is 9.97. The van der Waals surface area contributed by atoms with E-state index in [1.54, 1.807) is 0 Å². The molecule has 0 atom stereocenters. The third kappa shape index (κ3) is 4.34. The number of hydrogen-bond donors (Lipinski definition) is 1. The van der Waals surface area contributed by atoms with Crippen LogP contribution in [0.3, 0.4) is 0 Å². The molecule has 1 saturated heterocycles. The van der Waals surface area contributed by atoms with Gasteiger partial charge in [0.2, 0.25) is 0 Å². The Morgan fingerprint density at radius 2 is 2.06 bits per heavy atom. The number of aromatic nitrogens is 3. The van der Waals surface area contributed by atoms with Gasteiger partial charge in [-0.1, -0.05) is 12.1 Å². The number of pyridine rings is 1. The average molecular weight is 432 g/mol. The summed E-state index contributed by atoms with van der Waals surface area (Å²) in [7, 11) is 2.17. The fourth-order valence-corrected chi connectivity index (χ4v) is 4.43. The van der Waals surface area contributed by atoms with Crippen molar-refractivity contribution in [1.82, 2.24) is 24.8 Å². The lowest BCUT2D eigenvalue weighted by molar-refractivity contribution is 0.0990. The van der Waals surface area contributed by atoms with Crippen LogP contribution < -0.4 is 5.32 Å². The predicted molar refractivity (Wildman–Crippen MR) is 121 cm³/mol. The van der Waals surface area contributed by atoms with Gasteiger partial charge in [-0.25, -0.2) is 9.37 Å². The van der Waals surface area contributed by atoms with Gasteiger partial charge < -0.3 is 14.8 Å². The van der Waals surface area contributed by atoms with Gasteiger partial charge in [-0.15, -0.1) is 0 Å². The molecule has 1 fully saturated rings. The van der Waals surface area contributed by atoms with Crippen LogP contribution in [-0.4, -0.2) is 45.4 Å². The van der Waals surface area contributed by atoms with E-state index in [1.807, 2.05) is 12.4 Å². The van der Waals surface area contributed by atoms with E-state index in [-0.39, 0.29) is 17.8 Å². The average Bonchev–Trinajstić information content (AvgIpc) is 3.29. The van der Waals surface area contributed by atoms with Crippen molar-refractivity contribution in [3.05, 3.63) is 77.4 Å². The SMILES string of the molecule is CN1CCC(n2cnc(-c3ccc4c(c3)C=C(CC(=O)c3cncc(F)c3)NC4)c2)CC1. The van der Waals surface area contributed by atoms with E-state index < -0.39 is 5.82 Å². The smallest absolute Gasteiger partial charge is 0.170 e. The summed E-state index contributed by atoms with van der Waals surface area (Å²) in [5.41, 5.74) is 5.38. The fraction of sp³-hybridized carbons (Fsp3) is 0.320. The van der Waals surface area contributed by atoms with Gasteiger partial charge in [0.1, 0.15) is 5.82 Å². The van der Waals surface area contributed by atoms with Gasteiger partial charge >= 0.3 is 0 Å². The Hall–Kier alpha value is -3.32. The first kappa shape index (κ1) is 20.6. The van der Waals surface area contributed by atoms with Crippen molar-refractivity contribution in [1.29, 1.82) is 0 Å². The van der Waals surface area contributed by atoms with Gasteiger partial charge in [-0.2, -0.15) is 0 Å². The van der Waals surface area contributed by atoms with Crippen LogP contribution in [-0.2, 0) is 6.54 Å². The highest BCUT2D eigenvalue weighted by atomic mass is 19.1. The number of ketones is 1. The highest BCUT2D eigenvalue weighted by Gasteiger charge is 2.19. The van der Waals surface area contributed by atoms with Gasteiger partial charge in [0, 0.05) is 41.8 Å². The topological polar surface area (TPSA) is 63.1 Å². The summed E-state index contributed by atoms with van der Waals surface area (Å²) in [5.74, 6) is -0.664. The number of nitrogens with zero attached hydrogens (tertiary/aromatic N) is 4. The molecule has 164 valence electrons. The maximum Gasteiger partial charge on any atom is 0.170 e. The Bertz CT molecular complexity index is 1180. The summed E-state index contributed by atoms with van der Waals surface area (Å²) < 4.78 is 15.6. The summed E-state index contributed by atoms with van der Waals surface area (Å²) in [4.78, 5) is 23.3. The van der Waals surface area contributed by atoms with Crippen molar-refractivity contribution in [3.8, 4) is 11.3 Å². The summed E-state index contributed by atoms with van der Waals surface area (Å²) >= 11 is 0. The molecule has 6 nitrogen and oxygen atoms in total. The third-order valence-electron chi connectivity index (χ3n) is 6.37. The number of benzene rings is 1. The van der Waals surface area contributed by atoms with Gasteiger partial charge in [0.25, 0.3) is 0 Å². The van der Waals surface area contributed by atoms with E-state index in [4.69, 9.17) is 0 Å². The van der Waals surface area contributed by atoms with Gasteiger partial charge in [-0.3, -0.25) is 9.78 Å². The Morgan fingerprint density at radius 3 is 2.88 bits per heavy atom. The minimum absolute atomic E-state index is 0.160. The maximum atomic E-state index is 13.4. The van der Waals surface area contributed by atoms with Crippen molar-refractivity contribution < 1.29 is 9.18 Å². The summed E-state index contributed by atoms with van der Waals surface area (Å²) in [6.45, 7) is 2.88. The minimum Gasteiger partial charge on any atom is -0.384 e. The van der Waals surface area contributed by atoms with E-state index in [9.17, 15) is 9.18 Å². The van der Waals surface area contributed by atoms with Crippen molar-refractivity contribution >= 4 is 11.9 Å². The van der Waals surface area contributed by atoms with Gasteiger partial charge in [0.05, 0.1) is 24.6 Å². The largest absolute Gasteiger partial charge is 0.384 e. The minimum atomic E-state index is -0.504. The number of halogens is 1. The molecule has 0 radical (unpaired) electrons. The van der Waals surface area contributed by atoms with Crippen molar-refractivity contribution in [2.75, 3.05) is 20.1 Å². The molecule has 1 N–H and O–H groups in total. The second-order valence-corrected chi connectivity index (χ2v) is 8.67. The number of fused-ring (bicyclic) bond motifs is 1. The van der Waals surface area contributed by atoms with E-state index in [2.05, 4.69) is 56.2 Å². The second-order valence-electron chi connectivity index (χ2n) is 8.67. The second kappa shape index (κ2) is 8.67. The molecule has 4 heterocycles. The highest BCUT2D eigenvalue weighted by Crippen LogP contribution is 2.28. The Balaban J connectivity index is 1.34. The third-order valence-corrected chi connectivity index (χ3v) is 6.37. The van der Waals surface area contributed by atoms with Gasteiger partial charge in [0.15, 0.2) is 5.78 Å². The molecule has 3 aromatic rings. The Morgan fingerprint density at radius 1 is 1.22 bits per heavy atom. The number of allylic oxidation sites excluding steroid dienone is 1. The number of piperidine rings is 1. The molecule has 0 spiro atoms. The molecule has 2 aromatic heterocycles. The first-order chi connectivity index (χ1) is 15.5. The van der Waals surface area contributed by atoms with Crippen LogP contribution in [0.25, 0.3) is 17.3 Å². The number of likely N-dealkylation sites (tertiary alicyclic amines) is 1. The monoisotopic (exact) mass is 431 g/mol. The van der Waals surface area contributed by atoms with Crippen LogP contribution in [0.4, 0.5) is 4.39 Å². The van der Waals surface area contributed by atoms with Gasteiger partial charge in [-0.05, 0) is 62.3 Å². The molecule has 1 aromatic carbocycles. The van der Waals surface area contributed by atoms with E-state index in [0.717, 1.165) is 54.6 Å². The molecule has 0 unspecified atom stereocenters. The standard InChI is InChI=1S/C25H26FN5O/c1-30-6-4-23(5-7-30)31-15-24(29-16-31)17-2-3-18-13-28-22(10-19(18)8-17)11-25(32)20-9-21(26)14-27-12-20/h2-3,8-10,12,14-16,23,28H,4-7,11,13H2,1H3. The maximum absolute atomic E-state index is 13.4. The van der Waals surface area contributed by atoms with Crippen LogP contribution in [0.5, 0.6) is 0 Å². The number of imidazole rings is 1.